The molecule has 0 aliphatic heterocycles. The lowest BCUT2D eigenvalue weighted by Crippen LogP contribution is -2.17. The van der Waals surface area contributed by atoms with E-state index in [0.717, 1.165) is 17.0 Å². The topological polar surface area (TPSA) is 56.2 Å². The van der Waals surface area contributed by atoms with E-state index in [-0.39, 0.29) is 12.0 Å². The van der Waals surface area contributed by atoms with Crippen LogP contribution < -0.4 is 10.1 Å². The molecule has 1 heterocycles. The van der Waals surface area contributed by atoms with E-state index in [1.807, 2.05) is 59.0 Å². The second-order valence-corrected chi connectivity index (χ2v) is 5.66. The van der Waals surface area contributed by atoms with Gasteiger partial charge in [0.15, 0.2) is 0 Å². The van der Waals surface area contributed by atoms with Gasteiger partial charge in [-0.2, -0.15) is 5.10 Å². The average Bonchev–Trinajstić information content (AvgIpc) is 2.67. The van der Waals surface area contributed by atoms with Crippen molar-refractivity contribution in [2.45, 2.75) is 40.2 Å². The second kappa shape index (κ2) is 6.64. The molecule has 5 nitrogen and oxygen atoms in total. The molecule has 1 amide bonds. The third-order valence-electron chi connectivity index (χ3n) is 3.52. The van der Waals surface area contributed by atoms with E-state index >= 15 is 0 Å². The van der Waals surface area contributed by atoms with Crippen molar-refractivity contribution >= 4 is 11.6 Å². The fraction of sp³-hybridized carbons (Fsp3) is 0.412. The van der Waals surface area contributed by atoms with Crippen LogP contribution in [0.3, 0.4) is 0 Å². The summed E-state index contributed by atoms with van der Waals surface area (Å²) in [5, 5.41) is 7.27. The largest absolute Gasteiger partial charge is 0.489 e. The van der Waals surface area contributed by atoms with E-state index in [0.29, 0.717) is 17.9 Å². The van der Waals surface area contributed by atoms with Gasteiger partial charge in [0, 0.05) is 18.3 Å². The van der Waals surface area contributed by atoms with Gasteiger partial charge < -0.3 is 10.1 Å². The average molecular weight is 301 g/mol. The highest BCUT2D eigenvalue weighted by molar-refractivity contribution is 5.93. The number of aryl methyl sites for hydroxylation is 2. The van der Waals surface area contributed by atoms with Crippen LogP contribution in [-0.2, 0) is 18.3 Å². The first-order chi connectivity index (χ1) is 10.4. The smallest absolute Gasteiger partial charge is 0.229 e. The Balaban J connectivity index is 2.12. The lowest BCUT2D eigenvalue weighted by molar-refractivity contribution is -0.115. The highest BCUT2D eigenvalue weighted by Gasteiger charge is 2.15. The lowest BCUT2D eigenvalue weighted by Gasteiger charge is -2.14. The van der Waals surface area contributed by atoms with Gasteiger partial charge in [-0.3, -0.25) is 9.48 Å². The molecular weight excluding hydrogens is 278 g/mol. The molecule has 0 unspecified atom stereocenters. The molecule has 0 aliphatic rings. The molecule has 2 aromatic rings. The van der Waals surface area contributed by atoms with Gasteiger partial charge in [-0.1, -0.05) is 12.1 Å². The first-order valence-electron chi connectivity index (χ1n) is 7.43. The highest BCUT2D eigenvalue weighted by atomic mass is 16.5. The predicted octanol–water partition coefficient (Wildman–Crippen LogP) is 3.01. The van der Waals surface area contributed by atoms with Gasteiger partial charge in [0.05, 0.1) is 23.9 Å². The molecule has 0 aliphatic carbocycles. The summed E-state index contributed by atoms with van der Waals surface area (Å²) >= 11 is 0. The van der Waals surface area contributed by atoms with Gasteiger partial charge in [-0.05, 0) is 39.8 Å². The van der Waals surface area contributed by atoms with E-state index in [2.05, 4.69) is 10.4 Å². The van der Waals surface area contributed by atoms with Crippen molar-refractivity contribution in [3.05, 3.63) is 41.2 Å². The molecule has 0 atom stereocenters. The molecule has 1 aromatic carbocycles. The normalized spacial score (nSPS) is 10.8. The Hall–Kier alpha value is -2.30. The van der Waals surface area contributed by atoms with Crippen LogP contribution in [-0.4, -0.2) is 21.8 Å². The minimum atomic E-state index is -0.0704. The van der Waals surface area contributed by atoms with E-state index in [4.69, 9.17) is 4.74 Å². The zero-order valence-electron chi connectivity index (χ0n) is 13.8. The van der Waals surface area contributed by atoms with Crippen LogP contribution in [0.25, 0.3) is 0 Å². The third kappa shape index (κ3) is 3.67. The maximum absolute atomic E-state index is 12.3. The zero-order chi connectivity index (χ0) is 16.3. The Morgan fingerprint density at radius 2 is 2.00 bits per heavy atom. The van der Waals surface area contributed by atoms with Crippen LogP contribution in [0.15, 0.2) is 24.3 Å². The Bertz CT molecular complexity index is 675. The van der Waals surface area contributed by atoms with Crippen LogP contribution >= 0.6 is 0 Å². The Labute approximate surface area is 131 Å². The molecule has 0 radical (unpaired) electrons. The molecule has 1 N–H and O–H groups in total. The molecule has 0 fully saturated rings. The first-order valence-corrected chi connectivity index (χ1v) is 7.43. The van der Waals surface area contributed by atoms with Crippen molar-refractivity contribution in [3.8, 4) is 5.75 Å². The number of rotatable bonds is 5. The standard InChI is InChI=1S/C17H23N3O2/c1-11(2)22-16-9-7-6-8-15(16)18-17(21)10-14-12(3)19-20(5)13(14)4/h6-9,11H,10H2,1-5H3,(H,18,21). The molecule has 5 heteroatoms. The molecule has 1 aromatic heterocycles. The number of ether oxygens (including phenoxy) is 1. The summed E-state index contributed by atoms with van der Waals surface area (Å²) in [7, 11) is 1.88. The molecule has 0 saturated heterocycles. The van der Waals surface area contributed by atoms with Crippen molar-refractivity contribution < 1.29 is 9.53 Å². The predicted molar refractivity (Wildman–Crippen MR) is 87.2 cm³/mol. The summed E-state index contributed by atoms with van der Waals surface area (Å²) in [6.45, 7) is 7.81. The van der Waals surface area contributed by atoms with Gasteiger partial charge in [-0.25, -0.2) is 0 Å². The number of hydrogen-bond acceptors (Lipinski definition) is 3. The quantitative estimate of drug-likeness (QED) is 0.923. The number of carbonyl (C=O) groups is 1. The molecule has 2 rings (SSSR count). The Morgan fingerprint density at radius 1 is 1.32 bits per heavy atom. The maximum atomic E-state index is 12.3. The van der Waals surface area contributed by atoms with E-state index in [1.165, 1.54) is 0 Å². The van der Waals surface area contributed by atoms with Crippen molar-refractivity contribution in [3.63, 3.8) is 0 Å². The van der Waals surface area contributed by atoms with E-state index in [9.17, 15) is 4.79 Å². The van der Waals surface area contributed by atoms with Crippen molar-refractivity contribution in [2.75, 3.05) is 5.32 Å². The maximum Gasteiger partial charge on any atom is 0.229 e. The number of nitrogens with one attached hydrogen (secondary N) is 1. The number of para-hydroxylation sites is 2. The highest BCUT2D eigenvalue weighted by Crippen LogP contribution is 2.25. The van der Waals surface area contributed by atoms with Gasteiger partial charge in [0.2, 0.25) is 5.91 Å². The van der Waals surface area contributed by atoms with Gasteiger partial charge in [0.25, 0.3) is 0 Å². The summed E-state index contributed by atoms with van der Waals surface area (Å²) in [5.74, 6) is 0.615. The minimum absolute atomic E-state index is 0.0564. The number of benzene rings is 1. The minimum Gasteiger partial charge on any atom is -0.489 e. The van der Waals surface area contributed by atoms with E-state index in [1.54, 1.807) is 4.68 Å². The Kier molecular flexibility index (Phi) is 4.85. The van der Waals surface area contributed by atoms with Crippen LogP contribution in [0.5, 0.6) is 5.75 Å². The molecule has 118 valence electrons. The number of hydrogen-bond donors (Lipinski definition) is 1. The lowest BCUT2D eigenvalue weighted by atomic mass is 10.1. The summed E-state index contributed by atoms with van der Waals surface area (Å²) in [5.41, 5.74) is 3.57. The molecule has 22 heavy (non-hydrogen) atoms. The molecular formula is C17H23N3O2. The number of carbonyl (C=O) groups excluding carboxylic acids is 1. The third-order valence-corrected chi connectivity index (χ3v) is 3.52. The summed E-state index contributed by atoms with van der Waals surface area (Å²) < 4.78 is 7.52. The fourth-order valence-corrected chi connectivity index (χ4v) is 2.35. The summed E-state index contributed by atoms with van der Waals surface area (Å²) in [6, 6.07) is 7.47. The second-order valence-electron chi connectivity index (χ2n) is 5.66. The molecule has 0 saturated carbocycles. The number of amides is 1. The van der Waals surface area contributed by atoms with Crippen molar-refractivity contribution in [1.29, 1.82) is 0 Å². The van der Waals surface area contributed by atoms with Crippen molar-refractivity contribution in [1.82, 2.24) is 9.78 Å². The SMILES string of the molecule is Cc1nn(C)c(C)c1CC(=O)Nc1ccccc1OC(C)C. The first kappa shape index (κ1) is 16.1. The van der Waals surface area contributed by atoms with Crippen LogP contribution in [0.1, 0.15) is 30.8 Å². The number of anilines is 1. The molecule has 0 bridgehead atoms. The van der Waals surface area contributed by atoms with Crippen LogP contribution in [0.2, 0.25) is 0 Å². The van der Waals surface area contributed by atoms with E-state index < -0.39 is 0 Å². The van der Waals surface area contributed by atoms with Gasteiger partial charge in [-0.15, -0.1) is 0 Å². The summed E-state index contributed by atoms with van der Waals surface area (Å²) in [4.78, 5) is 12.3. The number of nitrogens with zero attached hydrogens (tertiary/aromatic N) is 2. The number of aromatic nitrogens is 2. The van der Waals surface area contributed by atoms with Crippen molar-refractivity contribution in [2.24, 2.45) is 7.05 Å². The van der Waals surface area contributed by atoms with Crippen LogP contribution in [0, 0.1) is 13.8 Å². The fourth-order valence-electron chi connectivity index (χ4n) is 2.35. The molecule has 0 spiro atoms. The summed E-state index contributed by atoms with van der Waals surface area (Å²) in [6.07, 6.45) is 0.363. The van der Waals surface area contributed by atoms with Gasteiger partial charge >= 0.3 is 0 Å². The zero-order valence-corrected chi connectivity index (χ0v) is 13.8. The van der Waals surface area contributed by atoms with Gasteiger partial charge in [0.1, 0.15) is 5.75 Å². The van der Waals surface area contributed by atoms with Crippen LogP contribution in [0.4, 0.5) is 5.69 Å². The Morgan fingerprint density at radius 3 is 2.59 bits per heavy atom. The monoisotopic (exact) mass is 301 g/mol.